The van der Waals surface area contributed by atoms with Crippen molar-refractivity contribution in [2.75, 3.05) is 0 Å². The summed E-state index contributed by atoms with van der Waals surface area (Å²) in [4.78, 5) is 11.2. The van der Waals surface area contributed by atoms with Gasteiger partial charge in [-0.25, -0.2) is 0 Å². The van der Waals surface area contributed by atoms with Crippen molar-refractivity contribution in [1.82, 2.24) is 0 Å². The molecular weight excluding hydrogens is 244 g/mol. The van der Waals surface area contributed by atoms with Crippen LogP contribution >= 0.6 is 15.9 Å². The van der Waals surface area contributed by atoms with E-state index in [9.17, 15) is 4.79 Å². The van der Waals surface area contributed by atoms with E-state index in [0.29, 0.717) is 4.48 Å². The highest BCUT2D eigenvalue weighted by atomic mass is 79.9. The lowest BCUT2D eigenvalue weighted by Crippen LogP contribution is -2.30. The van der Waals surface area contributed by atoms with E-state index in [1.165, 1.54) is 0 Å². The Kier molecular flexibility index (Phi) is 2.20. The molecule has 1 aliphatic carbocycles. The maximum Gasteiger partial charge on any atom is 0.192 e. The van der Waals surface area contributed by atoms with Gasteiger partial charge >= 0.3 is 0 Å². The molecule has 1 heterocycles. The van der Waals surface area contributed by atoms with Crippen molar-refractivity contribution in [3.8, 4) is 0 Å². The van der Waals surface area contributed by atoms with Crippen LogP contribution in [0, 0.1) is 0 Å². The van der Waals surface area contributed by atoms with Crippen molar-refractivity contribution < 1.29 is 9.53 Å². The maximum atomic E-state index is 11.2. The van der Waals surface area contributed by atoms with Crippen LogP contribution in [-0.2, 0) is 9.53 Å². The highest BCUT2D eigenvalue weighted by Crippen LogP contribution is 2.42. The highest BCUT2D eigenvalue weighted by molar-refractivity contribution is 9.12. The van der Waals surface area contributed by atoms with Crippen LogP contribution in [0.15, 0.2) is 22.7 Å². The molecule has 0 radical (unpaired) electrons. The van der Waals surface area contributed by atoms with Gasteiger partial charge in [-0.15, -0.1) is 0 Å². The normalized spacial score (nSPS) is 35.1. The summed E-state index contributed by atoms with van der Waals surface area (Å²) in [6.07, 6.45) is 7.30. The molecule has 0 saturated carbocycles. The standard InChI is InChI=1S/C11H13BrO2/c1-10(2)5-6-11(14-10)4-3-9(13)8(12)7-11/h3-4,7H,5-6H2,1-2H3. The molecule has 0 amide bonds. The Morgan fingerprint density at radius 3 is 2.64 bits per heavy atom. The van der Waals surface area contributed by atoms with Crippen molar-refractivity contribution in [2.24, 2.45) is 0 Å². The lowest BCUT2D eigenvalue weighted by Gasteiger charge is -2.28. The molecule has 3 heteroatoms. The SMILES string of the molecule is CC1(C)CCC2(C=CC(=O)C(Br)=C2)O1. The van der Waals surface area contributed by atoms with E-state index in [0.717, 1.165) is 12.8 Å². The van der Waals surface area contributed by atoms with Gasteiger partial charge in [-0.05, 0) is 60.8 Å². The van der Waals surface area contributed by atoms with Crippen LogP contribution in [0.25, 0.3) is 0 Å². The van der Waals surface area contributed by atoms with Crippen LogP contribution in [0.2, 0.25) is 0 Å². The van der Waals surface area contributed by atoms with E-state index in [4.69, 9.17) is 4.74 Å². The Morgan fingerprint density at radius 2 is 2.14 bits per heavy atom. The average Bonchev–Trinajstić information content (AvgIpc) is 2.36. The molecule has 14 heavy (non-hydrogen) atoms. The molecule has 1 spiro atoms. The van der Waals surface area contributed by atoms with E-state index >= 15 is 0 Å². The monoisotopic (exact) mass is 256 g/mol. The van der Waals surface area contributed by atoms with Gasteiger partial charge in [0.05, 0.1) is 10.1 Å². The third kappa shape index (κ3) is 1.71. The predicted molar refractivity (Wildman–Crippen MR) is 58.3 cm³/mol. The molecule has 1 unspecified atom stereocenters. The molecule has 0 bridgehead atoms. The second-order valence-corrected chi connectivity index (χ2v) is 5.36. The van der Waals surface area contributed by atoms with Gasteiger partial charge in [0.1, 0.15) is 5.60 Å². The van der Waals surface area contributed by atoms with Crippen molar-refractivity contribution in [3.63, 3.8) is 0 Å². The second kappa shape index (κ2) is 3.04. The van der Waals surface area contributed by atoms with Crippen molar-refractivity contribution in [2.45, 2.75) is 37.9 Å². The van der Waals surface area contributed by atoms with E-state index in [2.05, 4.69) is 29.8 Å². The smallest absolute Gasteiger partial charge is 0.192 e. The summed E-state index contributed by atoms with van der Waals surface area (Å²) in [7, 11) is 0. The number of ketones is 1. The van der Waals surface area contributed by atoms with Gasteiger partial charge in [0.15, 0.2) is 5.78 Å². The first-order valence-corrected chi connectivity index (χ1v) is 5.54. The first-order valence-electron chi connectivity index (χ1n) is 4.75. The number of hydrogen-bond acceptors (Lipinski definition) is 2. The van der Waals surface area contributed by atoms with Crippen LogP contribution in [0.5, 0.6) is 0 Å². The summed E-state index contributed by atoms with van der Waals surface area (Å²) in [5.74, 6) is 0.0175. The second-order valence-electron chi connectivity index (χ2n) is 4.51. The Morgan fingerprint density at radius 1 is 1.43 bits per heavy atom. The van der Waals surface area contributed by atoms with Crippen LogP contribution in [-0.4, -0.2) is 17.0 Å². The fourth-order valence-electron chi connectivity index (χ4n) is 1.96. The first-order chi connectivity index (χ1) is 6.43. The van der Waals surface area contributed by atoms with Gasteiger partial charge in [0, 0.05) is 0 Å². The third-order valence-electron chi connectivity index (χ3n) is 2.71. The van der Waals surface area contributed by atoms with Crippen LogP contribution in [0.1, 0.15) is 26.7 Å². The minimum atomic E-state index is -0.351. The van der Waals surface area contributed by atoms with Gasteiger partial charge in [-0.3, -0.25) is 4.79 Å². The Balaban J connectivity index is 2.29. The topological polar surface area (TPSA) is 26.3 Å². The largest absolute Gasteiger partial charge is 0.361 e. The molecule has 0 aromatic rings. The number of halogens is 1. The fourth-order valence-corrected chi connectivity index (χ4v) is 2.48. The molecule has 76 valence electrons. The molecule has 0 aromatic heterocycles. The Bertz CT molecular complexity index is 341. The molecule has 2 nitrogen and oxygen atoms in total. The summed E-state index contributed by atoms with van der Waals surface area (Å²) in [6, 6.07) is 0. The lowest BCUT2D eigenvalue weighted by molar-refractivity contribution is -0.111. The van der Waals surface area contributed by atoms with Crippen LogP contribution in [0.4, 0.5) is 0 Å². The molecule has 0 aromatic carbocycles. The molecule has 2 aliphatic rings. The zero-order valence-corrected chi connectivity index (χ0v) is 9.93. The number of hydrogen-bond donors (Lipinski definition) is 0. The number of carbonyl (C=O) groups excluding carboxylic acids is 1. The van der Waals surface area contributed by atoms with Gasteiger partial charge in [0.2, 0.25) is 0 Å². The molecule has 1 aliphatic heterocycles. The molecule has 1 atom stereocenters. The quantitative estimate of drug-likeness (QED) is 0.667. The van der Waals surface area contributed by atoms with Crippen LogP contribution < -0.4 is 0 Å². The lowest BCUT2D eigenvalue weighted by atomic mass is 9.93. The summed E-state index contributed by atoms with van der Waals surface area (Å²) in [5.41, 5.74) is -0.440. The first kappa shape index (κ1) is 10.1. The highest BCUT2D eigenvalue weighted by Gasteiger charge is 2.42. The Hall–Kier alpha value is -0.410. The Labute approximate surface area is 92.1 Å². The van der Waals surface area contributed by atoms with Crippen LogP contribution in [0.3, 0.4) is 0 Å². The molecule has 1 fully saturated rings. The molecular formula is C11H13BrO2. The summed E-state index contributed by atoms with van der Waals surface area (Å²) in [6.45, 7) is 4.15. The number of rotatable bonds is 0. The van der Waals surface area contributed by atoms with E-state index in [-0.39, 0.29) is 17.0 Å². The predicted octanol–water partition coefficient (Wildman–Crippen LogP) is 2.73. The number of carbonyl (C=O) groups is 1. The summed E-state index contributed by atoms with van der Waals surface area (Å²) in [5, 5.41) is 0. The minimum absolute atomic E-state index is 0.0175. The number of allylic oxidation sites excluding steroid dienone is 2. The van der Waals surface area contributed by atoms with Gasteiger partial charge in [-0.2, -0.15) is 0 Å². The van der Waals surface area contributed by atoms with Gasteiger partial charge in [0.25, 0.3) is 0 Å². The average molecular weight is 257 g/mol. The summed E-state index contributed by atoms with van der Waals surface area (Å²) >= 11 is 3.26. The van der Waals surface area contributed by atoms with Crippen molar-refractivity contribution >= 4 is 21.7 Å². The maximum absolute atomic E-state index is 11.2. The van der Waals surface area contributed by atoms with E-state index in [1.54, 1.807) is 6.08 Å². The zero-order valence-electron chi connectivity index (χ0n) is 8.34. The fraction of sp³-hybridized carbons (Fsp3) is 0.545. The van der Waals surface area contributed by atoms with E-state index < -0.39 is 0 Å². The molecule has 2 rings (SSSR count). The minimum Gasteiger partial charge on any atom is -0.361 e. The number of ether oxygens (including phenoxy) is 1. The molecule has 1 saturated heterocycles. The summed E-state index contributed by atoms with van der Waals surface area (Å²) < 4.78 is 6.56. The van der Waals surface area contributed by atoms with Gasteiger partial charge in [-0.1, -0.05) is 0 Å². The van der Waals surface area contributed by atoms with Gasteiger partial charge < -0.3 is 4.74 Å². The van der Waals surface area contributed by atoms with Crippen molar-refractivity contribution in [1.29, 1.82) is 0 Å². The molecule has 0 N–H and O–H groups in total. The van der Waals surface area contributed by atoms with Crippen molar-refractivity contribution in [3.05, 3.63) is 22.7 Å². The van der Waals surface area contributed by atoms with E-state index in [1.807, 2.05) is 12.2 Å². The third-order valence-corrected chi connectivity index (χ3v) is 3.33. The zero-order chi connectivity index (χ0) is 10.4.